The Bertz CT molecular complexity index is 3060. The van der Waals surface area contributed by atoms with Gasteiger partial charge in [-0.25, -0.2) is 4.98 Å². The summed E-state index contributed by atoms with van der Waals surface area (Å²) in [4.78, 5) is 14.6. The number of aromatic nitrogens is 4. The van der Waals surface area contributed by atoms with E-state index in [4.69, 9.17) is 9.40 Å². The van der Waals surface area contributed by atoms with Crippen molar-refractivity contribution >= 4 is 46.4 Å². The Morgan fingerprint density at radius 3 is 1.98 bits per heavy atom. The summed E-state index contributed by atoms with van der Waals surface area (Å²) in [7, 11) is -1.34. The fraction of sp³-hybridized carbons (Fsp3) is 0.130. The molecule has 0 amide bonds. The van der Waals surface area contributed by atoms with E-state index in [1.807, 2.05) is 49.4 Å². The van der Waals surface area contributed by atoms with Crippen LogP contribution in [0.4, 0.5) is 0 Å². The molecule has 0 atom stereocenters. The third-order valence-corrected chi connectivity index (χ3v) is 13.0. The summed E-state index contributed by atoms with van der Waals surface area (Å²) in [6.45, 7) is 13.6. The van der Waals surface area contributed by atoms with Gasteiger partial charge in [0.25, 0.3) is 0 Å². The van der Waals surface area contributed by atoms with Crippen LogP contribution < -0.4 is 5.19 Å². The number of imidazole rings is 1. The minimum Gasteiger partial charge on any atom is -0.486 e. The molecule has 0 N–H and O–H groups in total. The number of para-hydroxylation sites is 3. The molecule has 61 heavy (non-hydrogen) atoms. The first-order valence-electron chi connectivity index (χ1n) is 20.6. The fourth-order valence-electron chi connectivity index (χ4n) is 8.06. The number of hydrogen-bond donors (Lipinski definition) is 0. The SMILES string of the molecule is CC(C)c1cc(-c2[c-]cccc2)ncc1[Si](C)(C)C.Cc1ccc2c(n1)oc1c(-c3nc4ccccc4n3-c3c(-c4ccccc4)cccc3-c3ccccc3)[c-]ccc12.[Ir]. The maximum Gasteiger partial charge on any atom is 0.216 e. The van der Waals surface area contributed by atoms with E-state index in [0.717, 1.165) is 83.7 Å². The molecule has 0 spiro atoms. The second-order valence-electron chi connectivity index (χ2n) is 16.5. The second-order valence-corrected chi connectivity index (χ2v) is 21.6. The summed E-state index contributed by atoms with van der Waals surface area (Å²) >= 11 is 0. The van der Waals surface area contributed by atoms with Crippen LogP contribution in [0.3, 0.4) is 0 Å². The molecule has 5 nitrogen and oxygen atoms in total. The van der Waals surface area contributed by atoms with Crippen LogP contribution in [-0.4, -0.2) is 27.6 Å². The Balaban J connectivity index is 0.000000217. The molecule has 0 bridgehead atoms. The van der Waals surface area contributed by atoms with E-state index in [1.165, 1.54) is 10.8 Å². The number of pyridine rings is 2. The fourth-order valence-corrected chi connectivity index (χ4v) is 9.74. The molecule has 0 saturated carbocycles. The zero-order chi connectivity index (χ0) is 41.4. The Hall–Kier alpha value is -6.24. The minimum atomic E-state index is -1.34. The van der Waals surface area contributed by atoms with Gasteiger partial charge in [-0.1, -0.05) is 147 Å². The minimum absolute atomic E-state index is 0. The molecule has 0 aliphatic carbocycles. The monoisotopic (exact) mass is 987 g/mol. The van der Waals surface area contributed by atoms with E-state index in [9.17, 15) is 0 Å². The number of hydrogen-bond acceptors (Lipinski definition) is 4. The molecule has 6 aromatic carbocycles. The standard InChI is InChI=1S/C37H24N3O.C17H22NSi.Ir/c1-24-22-23-30-29-18-11-19-31(35(29)41-37(30)38-24)36-39-32-20-8-9-21-33(32)40(36)34-27(25-12-4-2-5-13-25)16-10-17-28(34)26-14-6-3-7-15-26;1-13(2)15-11-16(14-9-7-6-8-10-14)18-12-17(15)19(3,4)5;/h2-18,20-23H,1H3;6-9,11-13H,1-5H3;/q2*-1;. The Morgan fingerprint density at radius 2 is 1.33 bits per heavy atom. The van der Waals surface area contributed by atoms with Crippen molar-refractivity contribution in [2.45, 2.75) is 46.3 Å². The predicted molar refractivity (Wildman–Crippen MR) is 252 cm³/mol. The molecule has 303 valence electrons. The van der Waals surface area contributed by atoms with E-state index in [1.54, 1.807) is 0 Å². The normalized spacial score (nSPS) is 11.5. The first-order chi connectivity index (χ1) is 29.2. The average Bonchev–Trinajstić information content (AvgIpc) is 3.85. The van der Waals surface area contributed by atoms with Crippen molar-refractivity contribution in [3.8, 4) is 50.6 Å². The molecule has 4 heterocycles. The van der Waals surface area contributed by atoms with Crippen LogP contribution in [-0.2, 0) is 20.1 Å². The molecule has 1 radical (unpaired) electrons. The van der Waals surface area contributed by atoms with Crippen LogP contribution in [0.25, 0.3) is 83.7 Å². The molecule has 0 aliphatic rings. The molecule has 0 unspecified atom stereocenters. The smallest absolute Gasteiger partial charge is 0.216 e. The second kappa shape index (κ2) is 17.4. The van der Waals surface area contributed by atoms with Crippen LogP contribution in [0.2, 0.25) is 19.6 Å². The molecule has 4 aromatic heterocycles. The Morgan fingerprint density at radius 1 is 0.656 bits per heavy atom. The van der Waals surface area contributed by atoms with Crippen LogP contribution in [0.1, 0.15) is 31.0 Å². The molecule has 0 aliphatic heterocycles. The molecule has 10 aromatic rings. The Labute approximate surface area is 372 Å². The van der Waals surface area contributed by atoms with Gasteiger partial charge in [-0.15, -0.1) is 54.1 Å². The van der Waals surface area contributed by atoms with Crippen LogP contribution in [0.5, 0.6) is 0 Å². The van der Waals surface area contributed by atoms with Crippen LogP contribution in [0, 0.1) is 19.1 Å². The first-order valence-corrected chi connectivity index (χ1v) is 24.1. The zero-order valence-electron chi connectivity index (χ0n) is 35.2. The average molecular weight is 987 g/mol. The quantitative estimate of drug-likeness (QED) is 0.118. The number of nitrogens with zero attached hydrogens (tertiary/aromatic N) is 4. The van der Waals surface area contributed by atoms with Gasteiger partial charge in [-0.2, -0.15) is 0 Å². The van der Waals surface area contributed by atoms with E-state index >= 15 is 0 Å². The number of benzene rings is 6. The van der Waals surface area contributed by atoms with Crippen molar-refractivity contribution in [3.63, 3.8) is 0 Å². The molecule has 10 rings (SSSR count). The summed E-state index contributed by atoms with van der Waals surface area (Å²) in [6.07, 6.45) is 2.09. The number of rotatable bonds is 7. The van der Waals surface area contributed by atoms with Gasteiger partial charge in [0.05, 0.1) is 36.2 Å². The largest absolute Gasteiger partial charge is 0.486 e. The number of aryl methyl sites for hydroxylation is 1. The summed E-state index contributed by atoms with van der Waals surface area (Å²) in [6, 6.07) is 61.0. The molecule has 0 fully saturated rings. The van der Waals surface area contributed by atoms with Crippen molar-refractivity contribution in [2.75, 3.05) is 0 Å². The molecule has 7 heteroatoms. The van der Waals surface area contributed by atoms with Crippen molar-refractivity contribution in [1.82, 2.24) is 19.5 Å². The number of furan rings is 1. The first kappa shape index (κ1) is 41.5. The van der Waals surface area contributed by atoms with Crippen LogP contribution in [0.15, 0.2) is 168 Å². The summed E-state index contributed by atoms with van der Waals surface area (Å²) in [5.74, 6) is 1.31. The summed E-state index contributed by atoms with van der Waals surface area (Å²) < 4.78 is 8.71. The predicted octanol–water partition coefficient (Wildman–Crippen LogP) is 13.6. The maximum atomic E-state index is 6.44. The Kier molecular flexibility index (Phi) is 11.8. The van der Waals surface area contributed by atoms with E-state index in [2.05, 4.69) is 182 Å². The van der Waals surface area contributed by atoms with Crippen molar-refractivity contribution in [1.29, 1.82) is 0 Å². The van der Waals surface area contributed by atoms with Gasteiger partial charge >= 0.3 is 0 Å². The van der Waals surface area contributed by atoms with Gasteiger partial charge in [0.1, 0.15) is 0 Å². The maximum absolute atomic E-state index is 6.44. The van der Waals surface area contributed by atoms with Gasteiger partial charge in [0.15, 0.2) is 0 Å². The van der Waals surface area contributed by atoms with Crippen LogP contribution >= 0.6 is 0 Å². The van der Waals surface area contributed by atoms with E-state index in [-0.39, 0.29) is 20.1 Å². The van der Waals surface area contributed by atoms with Gasteiger partial charge < -0.3 is 14.0 Å². The van der Waals surface area contributed by atoms with Crippen molar-refractivity contribution in [2.24, 2.45) is 0 Å². The molecule has 0 saturated heterocycles. The third-order valence-electron chi connectivity index (χ3n) is 11.0. The summed E-state index contributed by atoms with van der Waals surface area (Å²) in [5, 5.41) is 3.46. The summed E-state index contributed by atoms with van der Waals surface area (Å²) in [5.41, 5.74) is 14.1. The topological polar surface area (TPSA) is 56.7 Å². The van der Waals surface area contributed by atoms with Gasteiger partial charge in [-0.3, -0.25) is 4.98 Å². The van der Waals surface area contributed by atoms with Gasteiger partial charge in [-0.05, 0) is 59.1 Å². The number of fused-ring (bicyclic) bond motifs is 4. The van der Waals surface area contributed by atoms with Gasteiger partial charge in [0, 0.05) is 48.5 Å². The van der Waals surface area contributed by atoms with Crippen molar-refractivity contribution in [3.05, 3.63) is 187 Å². The van der Waals surface area contributed by atoms with Gasteiger partial charge in [0.2, 0.25) is 5.71 Å². The molecular weight excluding hydrogens is 941 g/mol. The van der Waals surface area contributed by atoms with E-state index < -0.39 is 8.07 Å². The molecular formula is C54H46IrN4OSi-2. The van der Waals surface area contributed by atoms with Crippen molar-refractivity contribution < 1.29 is 24.5 Å². The van der Waals surface area contributed by atoms with E-state index in [0.29, 0.717) is 11.6 Å². The third kappa shape index (κ3) is 8.17. The zero-order valence-corrected chi connectivity index (χ0v) is 38.6.